The van der Waals surface area contributed by atoms with Crippen LogP contribution in [-0.2, 0) is 22.4 Å². The lowest BCUT2D eigenvalue weighted by atomic mass is 10.1. The van der Waals surface area contributed by atoms with E-state index in [1.165, 1.54) is 36.4 Å². The molecule has 13 heteroatoms. The minimum Gasteiger partial charge on any atom is -0.497 e. The quantitative estimate of drug-likeness (QED) is 0.131. The lowest BCUT2D eigenvalue weighted by Gasteiger charge is -2.06. The summed E-state index contributed by atoms with van der Waals surface area (Å²) >= 11 is 0. The predicted molar refractivity (Wildman–Crippen MR) is 160 cm³/mol. The minimum atomic E-state index is -0.950. The van der Waals surface area contributed by atoms with E-state index in [9.17, 15) is 29.8 Å². The van der Waals surface area contributed by atoms with Gasteiger partial charge in [-0.05, 0) is 59.7 Å². The summed E-state index contributed by atoms with van der Waals surface area (Å²) in [5, 5.41) is 31.9. The Morgan fingerprint density at radius 2 is 1.09 bits per heavy atom. The largest absolute Gasteiger partial charge is 0.497 e. The van der Waals surface area contributed by atoms with Crippen LogP contribution in [0.25, 0.3) is 0 Å². The zero-order chi connectivity index (χ0) is 31.8. The number of rotatable bonds is 9. The molecule has 4 N–H and O–H groups in total. The molecule has 13 nitrogen and oxygen atoms in total. The maximum Gasteiger partial charge on any atom is 0.307 e. The second kappa shape index (κ2) is 17.0. The number of nitrogen functional groups attached to an aromatic ring is 1. The van der Waals surface area contributed by atoms with Crippen LogP contribution >= 0.6 is 0 Å². The van der Waals surface area contributed by atoms with Gasteiger partial charge in [-0.3, -0.25) is 29.8 Å². The Bertz CT molecular complexity index is 1490. The van der Waals surface area contributed by atoms with Gasteiger partial charge < -0.3 is 25.6 Å². The number of hydrogen-bond donors (Lipinski definition) is 3. The van der Waals surface area contributed by atoms with Crippen molar-refractivity contribution in [2.24, 2.45) is 0 Å². The molecule has 0 spiro atoms. The molecule has 0 aliphatic heterocycles. The number of amides is 1. The number of carbonyl (C=O) groups is 2. The molecule has 1 amide bonds. The topological polar surface area (TPSA) is 197 Å². The van der Waals surface area contributed by atoms with Crippen LogP contribution in [0.2, 0.25) is 0 Å². The Hall–Kier alpha value is -5.98. The number of ether oxygens (including phenoxy) is 2. The van der Waals surface area contributed by atoms with Crippen molar-refractivity contribution in [1.82, 2.24) is 0 Å². The van der Waals surface area contributed by atoms with E-state index in [4.69, 9.17) is 20.3 Å². The Morgan fingerprint density at radius 3 is 1.47 bits per heavy atom. The first-order valence-corrected chi connectivity index (χ1v) is 12.5. The van der Waals surface area contributed by atoms with E-state index in [1.807, 2.05) is 12.1 Å². The van der Waals surface area contributed by atoms with Crippen LogP contribution in [-0.4, -0.2) is 41.0 Å². The molecule has 4 rings (SSSR count). The van der Waals surface area contributed by atoms with Gasteiger partial charge in [-0.15, -0.1) is 0 Å². The second-order valence-electron chi connectivity index (χ2n) is 8.64. The lowest BCUT2D eigenvalue weighted by molar-refractivity contribution is -0.385. The first kappa shape index (κ1) is 33.2. The van der Waals surface area contributed by atoms with Gasteiger partial charge in [0.15, 0.2) is 0 Å². The molecule has 0 bridgehead atoms. The minimum absolute atomic E-state index is 0.00862. The molecule has 0 aliphatic rings. The number of nitrogens with two attached hydrogens (primary N) is 1. The maximum atomic E-state index is 11.9. The SMILES string of the molecule is COc1ccc(N)cc1.COc1ccc(NC(=O)Cc2ccc([N+](=O)[O-])cc2)cc1.O=C(O)Cc1ccc([N+](=O)[O-])cc1. The van der Waals surface area contributed by atoms with E-state index in [0.717, 1.165) is 11.4 Å². The van der Waals surface area contributed by atoms with Gasteiger partial charge in [0.25, 0.3) is 11.4 Å². The molecule has 0 atom stereocenters. The van der Waals surface area contributed by atoms with Gasteiger partial charge >= 0.3 is 5.97 Å². The van der Waals surface area contributed by atoms with E-state index in [1.54, 1.807) is 62.8 Å². The molecule has 4 aromatic carbocycles. The van der Waals surface area contributed by atoms with Crippen molar-refractivity contribution < 1.29 is 34.0 Å². The smallest absolute Gasteiger partial charge is 0.307 e. The Labute approximate surface area is 246 Å². The van der Waals surface area contributed by atoms with E-state index < -0.39 is 15.8 Å². The van der Waals surface area contributed by atoms with Crippen molar-refractivity contribution in [2.75, 3.05) is 25.3 Å². The van der Waals surface area contributed by atoms with Gasteiger partial charge in [0.1, 0.15) is 11.5 Å². The molecule has 0 aliphatic carbocycles. The van der Waals surface area contributed by atoms with Crippen LogP contribution in [0.1, 0.15) is 11.1 Å². The van der Waals surface area contributed by atoms with Crippen LogP contribution in [0.3, 0.4) is 0 Å². The highest BCUT2D eigenvalue weighted by atomic mass is 16.6. The Morgan fingerprint density at radius 1 is 0.698 bits per heavy atom. The third-order valence-corrected chi connectivity index (χ3v) is 5.50. The summed E-state index contributed by atoms with van der Waals surface area (Å²) in [5.41, 5.74) is 8.10. The standard InChI is InChI=1S/C15H14N2O4.C8H7NO4.C7H9NO/c1-21-14-8-4-12(5-9-14)16-15(18)10-11-2-6-13(7-3-11)17(19)20;10-8(11)5-6-1-3-7(4-2-6)9(12)13;1-9-7-4-2-6(8)3-5-7/h2-9H,10H2,1H3,(H,16,18);1-4H,5H2,(H,10,11);2-5H,8H2,1H3. The number of benzene rings is 4. The zero-order valence-corrected chi connectivity index (χ0v) is 23.3. The second-order valence-corrected chi connectivity index (χ2v) is 8.64. The van der Waals surface area contributed by atoms with Crippen molar-refractivity contribution >= 4 is 34.6 Å². The average molecular weight is 591 g/mol. The van der Waals surface area contributed by atoms with E-state index in [0.29, 0.717) is 22.6 Å². The molecule has 0 unspecified atom stereocenters. The summed E-state index contributed by atoms with van der Waals surface area (Å²) < 4.78 is 9.95. The fourth-order valence-corrected chi connectivity index (χ4v) is 3.31. The number of non-ortho nitro benzene ring substituents is 2. The number of carboxylic acid groups (broad SMARTS) is 1. The molecule has 0 fully saturated rings. The molecule has 0 saturated carbocycles. The lowest BCUT2D eigenvalue weighted by Crippen LogP contribution is -2.14. The number of nitro groups is 2. The summed E-state index contributed by atoms with van der Waals surface area (Å²) in [6, 6.07) is 25.6. The molecular weight excluding hydrogens is 560 g/mol. The molecule has 4 aromatic rings. The van der Waals surface area contributed by atoms with Crippen molar-refractivity contribution in [2.45, 2.75) is 12.8 Å². The van der Waals surface area contributed by atoms with Crippen LogP contribution in [0, 0.1) is 20.2 Å². The summed E-state index contributed by atoms with van der Waals surface area (Å²) in [6.07, 6.45) is 0.0437. The third kappa shape index (κ3) is 12.4. The van der Waals surface area contributed by atoms with Gasteiger partial charge in [-0.2, -0.15) is 0 Å². The number of carbonyl (C=O) groups excluding carboxylic acids is 1. The van der Waals surface area contributed by atoms with E-state index in [2.05, 4.69) is 5.32 Å². The fraction of sp³-hybridized carbons (Fsp3) is 0.133. The van der Waals surface area contributed by atoms with Gasteiger partial charge in [-0.25, -0.2) is 0 Å². The highest BCUT2D eigenvalue weighted by molar-refractivity contribution is 5.92. The predicted octanol–water partition coefficient (Wildman–Crippen LogP) is 5.28. The number of methoxy groups -OCH3 is 2. The Balaban J connectivity index is 0.000000249. The fourth-order valence-electron chi connectivity index (χ4n) is 3.31. The number of anilines is 2. The average Bonchev–Trinajstić information content (AvgIpc) is 2.99. The van der Waals surface area contributed by atoms with Crippen LogP contribution in [0.5, 0.6) is 11.5 Å². The van der Waals surface area contributed by atoms with E-state index >= 15 is 0 Å². The van der Waals surface area contributed by atoms with Crippen molar-refractivity contribution in [3.8, 4) is 11.5 Å². The number of nitrogens with zero attached hydrogens (tertiary/aromatic N) is 2. The van der Waals surface area contributed by atoms with Crippen LogP contribution in [0.15, 0.2) is 97.1 Å². The maximum absolute atomic E-state index is 11.9. The first-order valence-electron chi connectivity index (χ1n) is 12.5. The number of carboxylic acids is 1. The van der Waals surface area contributed by atoms with Gasteiger partial charge in [0.2, 0.25) is 5.91 Å². The summed E-state index contributed by atoms with van der Waals surface area (Å²) in [6.45, 7) is 0. The van der Waals surface area contributed by atoms with Crippen molar-refractivity contribution in [3.63, 3.8) is 0 Å². The Kier molecular flexibility index (Phi) is 13.1. The van der Waals surface area contributed by atoms with Crippen LogP contribution in [0.4, 0.5) is 22.7 Å². The number of nitrogens with one attached hydrogen (secondary N) is 1. The molecule has 0 aromatic heterocycles. The number of hydrogen-bond acceptors (Lipinski definition) is 9. The highest BCUT2D eigenvalue weighted by Gasteiger charge is 2.08. The molecule has 43 heavy (non-hydrogen) atoms. The summed E-state index contributed by atoms with van der Waals surface area (Å²) in [7, 11) is 3.20. The molecule has 224 valence electrons. The number of nitro benzene ring substituents is 2. The zero-order valence-electron chi connectivity index (χ0n) is 23.3. The van der Waals surface area contributed by atoms with Gasteiger partial charge in [0, 0.05) is 35.6 Å². The van der Waals surface area contributed by atoms with Gasteiger partial charge in [-0.1, -0.05) is 24.3 Å². The molecule has 0 radical (unpaired) electrons. The summed E-state index contributed by atoms with van der Waals surface area (Å²) in [5.74, 6) is 0.412. The first-order chi connectivity index (χ1) is 20.5. The molecular formula is C30H30N4O9. The third-order valence-electron chi connectivity index (χ3n) is 5.50. The highest BCUT2D eigenvalue weighted by Crippen LogP contribution is 2.17. The van der Waals surface area contributed by atoms with Crippen molar-refractivity contribution in [3.05, 3.63) is 128 Å². The van der Waals surface area contributed by atoms with Crippen LogP contribution < -0.4 is 20.5 Å². The summed E-state index contributed by atoms with van der Waals surface area (Å²) in [4.78, 5) is 41.9. The van der Waals surface area contributed by atoms with Crippen molar-refractivity contribution in [1.29, 1.82) is 0 Å². The normalized spacial score (nSPS) is 9.63. The molecule has 0 saturated heterocycles. The number of aliphatic carboxylic acids is 1. The van der Waals surface area contributed by atoms with E-state index in [-0.39, 0.29) is 30.1 Å². The monoisotopic (exact) mass is 590 g/mol. The van der Waals surface area contributed by atoms with Gasteiger partial charge in [0.05, 0.1) is 36.9 Å². The molecule has 0 heterocycles.